The Labute approximate surface area is 144 Å². The summed E-state index contributed by atoms with van der Waals surface area (Å²) >= 11 is 11.8. The second kappa shape index (κ2) is 8.98. The second-order valence-corrected chi connectivity index (χ2v) is 5.21. The lowest BCUT2D eigenvalue weighted by Gasteiger charge is -2.07. The first kappa shape index (κ1) is 17.1. The summed E-state index contributed by atoms with van der Waals surface area (Å²) < 4.78 is 5.29. The van der Waals surface area contributed by atoms with Crippen LogP contribution in [0.25, 0.3) is 6.08 Å². The van der Waals surface area contributed by atoms with Crippen molar-refractivity contribution in [3.05, 3.63) is 70.2 Å². The number of carbonyl (C=O) groups excluding carboxylic acids is 1. The molecule has 2 aromatic carbocycles. The van der Waals surface area contributed by atoms with Gasteiger partial charge in [-0.3, -0.25) is 4.79 Å². The molecule has 0 spiro atoms. The summed E-state index contributed by atoms with van der Waals surface area (Å²) in [6.45, 7) is -0.209. The number of amides is 1. The van der Waals surface area contributed by atoms with E-state index in [4.69, 9.17) is 27.9 Å². The lowest BCUT2D eigenvalue weighted by Crippen LogP contribution is -2.24. The monoisotopic (exact) mass is 348 g/mol. The van der Waals surface area contributed by atoms with Crippen molar-refractivity contribution in [3.8, 4) is 5.75 Å². The lowest BCUT2D eigenvalue weighted by molar-refractivity contribution is -0.123. The molecule has 2 aromatic rings. The molecule has 118 valence electrons. The normalized spacial score (nSPS) is 11.0. The molecule has 2 rings (SSSR count). The number of hydrazone groups is 1. The maximum absolute atomic E-state index is 11.6. The molecular formula is C17H14Cl2N2O2. The van der Waals surface area contributed by atoms with Gasteiger partial charge in [0.15, 0.2) is 6.61 Å². The van der Waals surface area contributed by atoms with Crippen molar-refractivity contribution < 1.29 is 9.53 Å². The third kappa shape index (κ3) is 5.77. The molecule has 0 aliphatic heterocycles. The van der Waals surface area contributed by atoms with Crippen molar-refractivity contribution in [3.63, 3.8) is 0 Å². The van der Waals surface area contributed by atoms with Crippen molar-refractivity contribution in [1.82, 2.24) is 5.43 Å². The Kier molecular flexibility index (Phi) is 6.66. The van der Waals surface area contributed by atoms with Crippen molar-refractivity contribution in [2.75, 3.05) is 6.61 Å². The zero-order chi connectivity index (χ0) is 16.5. The largest absolute Gasteiger partial charge is 0.482 e. The van der Waals surface area contributed by atoms with Gasteiger partial charge in [-0.2, -0.15) is 5.10 Å². The van der Waals surface area contributed by atoms with Crippen LogP contribution in [0.2, 0.25) is 10.0 Å². The van der Waals surface area contributed by atoms with Gasteiger partial charge in [0.05, 0.1) is 5.02 Å². The first-order valence-electron chi connectivity index (χ1n) is 6.77. The van der Waals surface area contributed by atoms with E-state index in [0.29, 0.717) is 10.8 Å². The Hall–Kier alpha value is -2.30. The molecular weight excluding hydrogens is 335 g/mol. The van der Waals surface area contributed by atoms with E-state index in [9.17, 15) is 4.79 Å². The van der Waals surface area contributed by atoms with Gasteiger partial charge < -0.3 is 4.74 Å². The fourth-order valence-electron chi connectivity index (χ4n) is 1.64. The molecule has 23 heavy (non-hydrogen) atoms. The van der Waals surface area contributed by atoms with Crippen molar-refractivity contribution in [1.29, 1.82) is 0 Å². The summed E-state index contributed by atoms with van der Waals surface area (Å²) in [6.07, 6.45) is 5.08. The van der Waals surface area contributed by atoms with Crippen LogP contribution in [0.3, 0.4) is 0 Å². The van der Waals surface area contributed by atoms with Crippen LogP contribution in [0, 0.1) is 0 Å². The van der Waals surface area contributed by atoms with E-state index < -0.39 is 5.91 Å². The molecule has 0 aliphatic rings. The molecule has 6 heteroatoms. The first-order valence-corrected chi connectivity index (χ1v) is 7.53. The predicted molar refractivity (Wildman–Crippen MR) is 94.1 cm³/mol. The summed E-state index contributed by atoms with van der Waals surface area (Å²) in [5, 5.41) is 4.43. The van der Waals surface area contributed by atoms with E-state index >= 15 is 0 Å². The molecule has 0 radical (unpaired) electrons. The SMILES string of the molecule is O=C(COc1cccc(Cl)c1Cl)NN=CC=Cc1ccccc1. The Bertz CT molecular complexity index is 716. The number of benzene rings is 2. The molecule has 0 bridgehead atoms. The maximum Gasteiger partial charge on any atom is 0.277 e. The molecule has 0 aliphatic carbocycles. The van der Waals surface area contributed by atoms with E-state index in [1.54, 1.807) is 24.3 Å². The minimum Gasteiger partial charge on any atom is -0.482 e. The highest BCUT2D eigenvalue weighted by Crippen LogP contribution is 2.31. The second-order valence-electron chi connectivity index (χ2n) is 4.42. The Balaban J connectivity index is 1.76. The molecule has 0 fully saturated rings. The van der Waals surface area contributed by atoms with E-state index in [-0.39, 0.29) is 11.6 Å². The standard InChI is InChI=1S/C17H14Cl2N2O2/c18-14-9-4-10-15(17(14)19)23-12-16(22)21-20-11-5-8-13-6-2-1-3-7-13/h1-11H,12H2,(H,21,22). The summed E-state index contributed by atoms with van der Waals surface area (Å²) in [4.78, 5) is 11.6. The van der Waals surface area contributed by atoms with Crippen molar-refractivity contribution in [2.45, 2.75) is 0 Å². The number of hydrogen-bond acceptors (Lipinski definition) is 3. The summed E-state index contributed by atoms with van der Waals surface area (Å²) in [6, 6.07) is 14.7. The molecule has 0 saturated carbocycles. The number of ether oxygens (including phenoxy) is 1. The van der Waals surface area contributed by atoms with E-state index in [2.05, 4.69) is 10.5 Å². The van der Waals surface area contributed by atoms with E-state index in [1.807, 2.05) is 36.4 Å². The summed E-state index contributed by atoms with van der Waals surface area (Å²) in [7, 11) is 0. The minimum absolute atomic E-state index is 0.209. The molecule has 1 amide bonds. The highest BCUT2D eigenvalue weighted by Gasteiger charge is 2.07. The maximum atomic E-state index is 11.6. The van der Waals surface area contributed by atoms with Gasteiger partial charge in [0, 0.05) is 6.21 Å². The number of nitrogens with zero attached hydrogens (tertiary/aromatic N) is 1. The van der Waals surface area contributed by atoms with Crippen LogP contribution in [-0.2, 0) is 4.79 Å². The Morgan fingerprint density at radius 1 is 1.13 bits per heavy atom. The van der Waals surface area contributed by atoms with Gasteiger partial charge in [-0.1, -0.05) is 65.7 Å². The highest BCUT2D eigenvalue weighted by atomic mass is 35.5. The Morgan fingerprint density at radius 3 is 2.70 bits per heavy atom. The fourth-order valence-corrected chi connectivity index (χ4v) is 1.99. The van der Waals surface area contributed by atoms with Crippen molar-refractivity contribution >= 4 is 41.4 Å². The van der Waals surface area contributed by atoms with Crippen LogP contribution in [0.15, 0.2) is 59.7 Å². The van der Waals surface area contributed by atoms with Crippen LogP contribution in [0.1, 0.15) is 5.56 Å². The van der Waals surface area contributed by atoms with Gasteiger partial charge in [-0.25, -0.2) is 5.43 Å². The van der Waals surface area contributed by atoms with Gasteiger partial charge in [-0.15, -0.1) is 0 Å². The van der Waals surface area contributed by atoms with E-state index in [0.717, 1.165) is 5.56 Å². The van der Waals surface area contributed by atoms with Crippen LogP contribution in [-0.4, -0.2) is 18.7 Å². The molecule has 0 saturated heterocycles. The minimum atomic E-state index is -0.398. The summed E-state index contributed by atoms with van der Waals surface area (Å²) in [5.41, 5.74) is 3.40. The third-order valence-electron chi connectivity index (χ3n) is 2.71. The van der Waals surface area contributed by atoms with Gasteiger partial charge >= 0.3 is 0 Å². The van der Waals surface area contributed by atoms with Crippen LogP contribution >= 0.6 is 23.2 Å². The lowest BCUT2D eigenvalue weighted by atomic mass is 10.2. The van der Waals surface area contributed by atoms with Gasteiger partial charge in [0.1, 0.15) is 10.8 Å². The molecule has 0 atom stereocenters. The number of carbonyl (C=O) groups is 1. The smallest absolute Gasteiger partial charge is 0.277 e. The van der Waals surface area contributed by atoms with Gasteiger partial charge in [0.2, 0.25) is 0 Å². The molecule has 0 heterocycles. The third-order valence-corrected chi connectivity index (χ3v) is 3.51. The molecule has 4 nitrogen and oxygen atoms in total. The molecule has 0 unspecified atom stereocenters. The zero-order valence-electron chi connectivity index (χ0n) is 12.1. The van der Waals surface area contributed by atoms with E-state index in [1.165, 1.54) is 6.21 Å². The predicted octanol–water partition coefficient (Wildman–Crippen LogP) is 4.19. The number of allylic oxidation sites excluding steroid dienone is 1. The van der Waals surface area contributed by atoms with Gasteiger partial charge in [0.25, 0.3) is 5.91 Å². The van der Waals surface area contributed by atoms with Crippen LogP contribution in [0.4, 0.5) is 0 Å². The number of hydrogen-bond donors (Lipinski definition) is 1. The number of rotatable bonds is 6. The fraction of sp³-hybridized carbons (Fsp3) is 0.0588. The van der Waals surface area contributed by atoms with Crippen LogP contribution < -0.4 is 10.2 Å². The van der Waals surface area contributed by atoms with Crippen molar-refractivity contribution in [2.24, 2.45) is 5.10 Å². The number of nitrogens with one attached hydrogen (secondary N) is 1. The topological polar surface area (TPSA) is 50.7 Å². The molecule has 1 N–H and O–H groups in total. The van der Waals surface area contributed by atoms with Gasteiger partial charge in [-0.05, 0) is 23.8 Å². The highest BCUT2D eigenvalue weighted by molar-refractivity contribution is 6.42. The zero-order valence-corrected chi connectivity index (χ0v) is 13.6. The average Bonchev–Trinajstić information content (AvgIpc) is 2.57. The Morgan fingerprint density at radius 2 is 1.91 bits per heavy atom. The molecule has 0 aromatic heterocycles. The first-order chi connectivity index (χ1) is 11.2. The number of halogens is 2. The summed E-state index contributed by atoms with van der Waals surface area (Å²) in [5.74, 6) is -0.0485. The van der Waals surface area contributed by atoms with Crippen LogP contribution in [0.5, 0.6) is 5.75 Å². The average molecular weight is 349 g/mol. The quantitative estimate of drug-likeness (QED) is 0.628.